The number of halogens is 1. The van der Waals surface area contributed by atoms with Crippen molar-refractivity contribution in [2.75, 3.05) is 12.1 Å². The summed E-state index contributed by atoms with van der Waals surface area (Å²) in [6, 6.07) is 11.4. The second-order valence-corrected chi connectivity index (χ2v) is 10.8. The van der Waals surface area contributed by atoms with Gasteiger partial charge in [-0.3, -0.25) is 9.59 Å². The summed E-state index contributed by atoms with van der Waals surface area (Å²) in [7, 11) is 0. The van der Waals surface area contributed by atoms with E-state index in [4.69, 9.17) is 9.47 Å². The van der Waals surface area contributed by atoms with Gasteiger partial charge in [-0.2, -0.15) is 0 Å². The van der Waals surface area contributed by atoms with Gasteiger partial charge in [0.1, 0.15) is 0 Å². The Labute approximate surface area is 207 Å². The minimum absolute atomic E-state index is 0.0574. The molecule has 2 heterocycles. The number of amides is 1. The van der Waals surface area contributed by atoms with Gasteiger partial charge < -0.3 is 20.1 Å². The number of carbonyl (C=O) groups excluding carboxylic acids is 2. The van der Waals surface area contributed by atoms with Crippen LogP contribution in [0.3, 0.4) is 0 Å². The summed E-state index contributed by atoms with van der Waals surface area (Å²) in [5.74, 6) is 0.535. The highest BCUT2D eigenvalue weighted by Crippen LogP contribution is 2.50. The van der Waals surface area contributed by atoms with Crippen molar-refractivity contribution >= 4 is 33.3 Å². The van der Waals surface area contributed by atoms with Gasteiger partial charge >= 0.3 is 0 Å². The van der Waals surface area contributed by atoms with Gasteiger partial charge in [-0.15, -0.1) is 0 Å². The topological polar surface area (TPSA) is 76.7 Å². The van der Waals surface area contributed by atoms with Crippen LogP contribution >= 0.6 is 15.9 Å². The molecule has 176 valence electrons. The van der Waals surface area contributed by atoms with Gasteiger partial charge in [-0.05, 0) is 55.0 Å². The number of para-hydroxylation sites is 1. The molecule has 1 amide bonds. The summed E-state index contributed by atoms with van der Waals surface area (Å²) in [5, 5.41) is 6.48. The van der Waals surface area contributed by atoms with Crippen molar-refractivity contribution in [2.45, 2.75) is 46.5 Å². The van der Waals surface area contributed by atoms with Crippen molar-refractivity contribution in [2.24, 2.45) is 5.41 Å². The summed E-state index contributed by atoms with van der Waals surface area (Å²) >= 11 is 3.68. The van der Waals surface area contributed by atoms with Gasteiger partial charge in [-0.25, -0.2) is 0 Å². The predicted octanol–water partition coefficient (Wildman–Crippen LogP) is 5.73. The summed E-state index contributed by atoms with van der Waals surface area (Å²) in [5.41, 5.74) is 5.17. The van der Waals surface area contributed by atoms with Crippen LogP contribution in [0.5, 0.6) is 11.5 Å². The number of carbonyl (C=O) groups is 2. The molecule has 0 spiro atoms. The first kappa shape index (κ1) is 22.7. The number of anilines is 1. The Balaban J connectivity index is 1.65. The summed E-state index contributed by atoms with van der Waals surface area (Å²) in [6.07, 6.45) is 1.16. The first-order chi connectivity index (χ1) is 16.1. The Morgan fingerprint density at radius 3 is 2.56 bits per heavy atom. The Bertz CT molecular complexity index is 1290. The van der Waals surface area contributed by atoms with E-state index >= 15 is 0 Å². The Kier molecular flexibility index (Phi) is 5.55. The molecule has 1 aliphatic carbocycles. The molecule has 2 aromatic rings. The zero-order valence-corrected chi connectivity index (χ0v) is 21.3. The van der Waals surface area contributed by atoms with E-state index in [0.717, 1.165) is 39.1 Å². The van der Waals surface area contributed by atoms with Crippen LogP contribution in [0.2, 0.25) is 0 Å². The van der Waals surface area contributed by atoms with Crippen molar-refractivity contribution in [1.29, 1.82) is 0 Å². The first-order valence-corrected chi connectivity index (χ1v) is 12.1. The lowest BCUT2D eigenvalue weighted by molar-refractivity contribution is -0.118. The van der Waals surface area contributed by atoms with Crippen LogP contribution < -0.4 is 20.1 Å². The fourth-order valence-corrected chi connectivity index (χ4v) is 5.66. The van der Waals surface area contributed by atoms with Gasteiger partial charge in [0.05, 0.1) is 0 Å². The standard InChI is InChI=1S/C27H27BrN2O4/c1-14-7-5-6-8-18(14)30-26(32)23-15(2)29-19-11-27(3,4)12-20(31)25(19)24(23)16-9-21-22(10-17(16)28)34-13-33-21/h5-10,24,29H,11-13H2,1-4H3,(H,30,32). The van der Waals surface area contributed by atoms with Crippen LogP contribution in [-0.2, 0) is 9.59 Å². The van der Waals surface area contributed by atoms with Crippen LogP contribution in [-0.4, -0.2) is 18.5 Å². The highest BCUT2D eigenvalue weighted by molar-refractivity contribution is 9.10. The maximum atomic E-state index is 13.8. The lowest BCUT2D eigenvalue weighted by Crippen LogP contribution is -2.39. The molecular weight excluding hydrogens is 496 g/mol. The number of ketones is 1. The minimum Gasteiger partial charge on any atom is -0.454 e. The second-order valence-electron chi connectivity index (χ2n) is 9.93. The number of allylic oxidation sites excluding steroid dienone is 3. The molecule has 2 aliphatic heterocycles. The fourth-order valence-electron chi connectivity index (χ4n) is 5.11. The maximum Gasteiger partial charge on any atom is 0.254 e. The molecular formula is C27H27BrN2O4. The number of nitrogens with one attached hydrogen (secondary N) is 2. The molecule has 1 unspecified atom stereocenters. The molecule has 0 radical (unpaired) electrons. The van der Waals surface area contributed by atoms with Crippen molar-refractivity contribution < 1.29 is 19.1 Å². The Morgan fingerprint density at radius 2 is 1.82 bits per heavy atom. The molecule has 6 nitrogen and oxygen atoms in total. The van der Waals surface area contributed by atoms with E-state index in [0.29, 0.717) is 29.1 Å². The predicted molar refractivity (Wildman–Crippen MR) is 134 cm³/mol. The summed E-state index contributed by atoms with van der Waals surface area (Å²) in [4.78, 5) is 27.3. The van der Waals surface area contributed by atoms with Gasteiger partial charge in [0, 0.05) is 45.0 Å². The number of fused-ring (bicyclic) bond motifs is 1. The molecule has 5 rings (SSSR count). The highest BCUT2D eigenvalue weighted by atomic mass is 79.9. The highest BCUT2D eigenvalue weighted by Gasteiger charge is 2.43. The van der Waals surface area contributed by atoms with Crippen molar-refractivity contribution in [3.63, 3.8) is 0 Å². The molecule has 0 saturated heterocycles. The fraction of sp³-hybridized carbons (Fsp3) is 0.333. The zero-order valence-electron chi connectivity index (χ0n) is 19.7. The quantitative estimate of drug-likeness (QED) is 0.538. The molecule has 2 aromatic carbocycles. The van der Waals surface area contributed by atoms with Gasteiger partial charge in [0.2, 0.25) is 6.79 Å². The van der Waals surface area contributed by atoms with Crippen molar-refractivity contribution in [3.05, 3.63) is 74.5 Å². The number of aryl methyl sites for hydroxylation is 1. The molecule has 34 heavy (non-hydrogen) atoms. The lowest BCUT2D eigenvalue weighted by atomic mass is 9.68. The molecule has 0 fully saturated rings. The van der Waals surface area contributed by atoms with Gasteiger partial charge in [0.25, 0.3) is 5.91 Å². The third kappa shape index (κ3) is 3.92. The molecule has 0 aromatic heterocycles. The zero-order chi connectivity index (χ0) is 24.2. The van der Waals surface area contributed by atoms with E-state index in [-0.39, 0.29) is 23.9 Å². The van der Waals surface area contributed by atoms with E-state index in [1.165, 1.54) is 0 Å². The molecule has 0 bridgehead atoms. The van der Waals surface area contributed by atoms with Crippen molar-refractivity contribution in [3.8, 4) is 11.5 Å². The van der Waals surface area contributed by atoms with Crippen LogP contribution in [0.15, 0.2) is 63.4 Å². The number of dihydropyridines is 1. The molecule has 7 heteroatoms. The van der Waals surface area contributed by atoms with E-state index in [1.807, 2.05) is 50.2 Å². The van der Waals surface area contributed by atoms with Crippen LogP contribution in [0.1, 0.15) is 50.7 Å². The number of ether oxygens (including phenoxy) is 2. The van der Waals surface area contributed by atoms with Gasteiger partial charge in [0.15, 0.2) is 17.3 Å². The SMILES string of the molecule is CC1=C(C(=O)Nc2ccccc2C)C(c2cc3c(cc2Br)OCO3)C2=C(CC(C)(C)CC2=O)N1. The Hall–Kier alpha value is -3.06. The van der Waals surface area contributed by atoms with E-state index in [2.05, 4.69) is 40.4 Å². The molecule has 1 atom stereocenters. The van der Waals surface area contributed by atoms with E-state index in [9.17, 15) is 9.59 Å². The van der Waals surface area contributed by atoms with Crippen LogP contribution in [0, 0.1) is 12.3 Å². The average molecular weight is 523 g/mol. The number of Topliss-reactive ketones (excluding diaryl/α,β-unsaturated/α-hetero) is 1. The summed E-state index contributed by atoms with van der Waals surface area (Å²) in [6.45, 7) is 8.20. The normalized spacial score (nSPS) is 20.7. The van der Waals surface area contributed by atoms with E-state index in [1.54, 1.807) is 0 Å². The van der Waals surface area contributed by atoms with Crippen molar-refractivity contribution in [1.82, 2.24) is 5.32 Å². The average Bonchev–Trinajstić information content (AvgIpc) is 3.20. The number of benzene rings is 2. The molecule has 3 aliphatic rings. The minimum atomic E-state index is -0.534. The smallest absolute Gasteiger partial charge is 0.254 e. The van der Waals surface area contributed by atoms with Crippen LogP contribution in [0.4, 0.5) is 5.69 Å². The second kappa shape index (κ2) is 8.31. The largest absolute Gasteiger partial charge is 0.454 e. The lowest BCUT2D eigenvalue weighted by Gasteiger charge is -2.40. The van der Waals surface area contributed by atoms with Crippen LogP contribution in [0.25, 0.3) is 0 Å². The third-order valence-electron chi connectivity index (χ3n) is 6.68. The van der Waals surface area contributed by atoms with Gasteiger partial charge in [-0.1, -0.05) is 48.0 Å². The van der Waals surface area contributed by atoms with E-state index < -0.39 is 5.92 Å². The number of hydrogen-bond acceptors (Lipinski definition) is 5. The number of hydrogen-bond donors (Lipinski definition) is 2. The molecule has 2 N–H and O–H groups in total. The summed E-state index contributed by atoms with van der Waals surface area (Å²) < 4.78 is 11.9. The third-order valence-corrected chi connectivity index (χ3v) is 7.37. The Morgan fingerprint density at radius 1 is 1.12 bits per heavy atom. The first-order valence-electron chi connectivity index (χ1n) is 11.3. The molecule has 0 saturated carbocycles. The monoisotopic (exact) mass is 522 g/mol. The maximum absolute atomic E-state index is 13.8. The number of rotatable bonds is 3.